The van der Waals surface area contributed by atoms with Crippen LogP contribution in [0.3, 0.4) is 0 Å². The molecule has 3 heteroatoms. The molecule has 0 bridgehead atoms. The molecule has 0 saturated heterocycles. The fourth-order valence-electron chi connectivity index (χ4n) is 2.42. The molecule has 1 aliphatic carbocycles. The van der Waals surface area contributed by atoms with E-state index in [9.17, 15) is 5.11 Å². The molecule has 0 aromatic heterocycles. The van der Waals surface area contributed by atoms with Crippen molar-refractivity contribution in [2.75, 3.05) is 13.2 Å². The van der Waals surface area contributed by atoms with Gasteiger partial charge in [0.05, 0.1) is 11.7 Å². The maximum absolute atomic E-state index is 10.1. The van der Waals surface area contributed by atoms with Gasteiger partial charge in [0, 0.05) is 19.2 Å². The molecule has 0 amide bonds. The Morgan fingerprint density at radius 1 is 1.44 bits per heavy atom. The molecule has 1 aliphatic rings. The molecule has 0 aromatic rings. The van der Waals surface area contributed by atoms with Gasteiger partial charge in [-0.3, -0.25) is 0 Å². The highest BCUT2D eigenvalue weighted by molar-refractivity contribution is 4.88. The van der Waals surface area contributed by atoms with Crippen LogP contribution in [-0.4, -0.2) is 36.0 Å². The molecule has 1 atom stereocenters. The summed E-state index contributed by atoms with van der Waals surface area (Å²) >= 11 is 0. The Bertz CT molecular complexity index is 198. The van der Waals surface area contributed by atoms with E-state index in [0.29, 0.717) is 24.6 Å². The Morgan fingerprint density at radius 3 is 2.56 bits per heavy atom. The molecule has 1 rings (SSSR count). The first-order valence-corrected chi connectivity index (χ1v) is 6.50. The Hall–Kier alpha value is -0.120. The van der Waals surface area contributed by atoms with Crippen LogP contribution in [0.5, 0.6) is 0 Å². The molecule has 0 aromatic carbocycles. The second-order valence-electron chi connectivity index (χ2n) is 5.72. The van der Waals surface area contributed by atoms with Crippen molar-refractivity contribution < 1.29 is 9.84 Å². The van der Waals surface area contributed by atoms with E-state index in [2.05, 4.69) is 19.2 Å². The van der Waals surface area contributed by atoms with Crippen LogP contribution >= 0.6 is 0 Å². The molecule has 1 saturated carbocycles. The predicted molar refractivity (Wildman–Crippen MR) is 66.5 cm³/mol. The molecule has 1 fully saturated rings. The smallest absolute Gasteiger partial charge is 0.0746 e. The summed E-state index contributed by atoms with van der Waals surface area (Å²) in [6, 6.07) is 0.537. The monoisotopic (exact) mass is 229 g/mol. The van der Waals surface area contributed by atoms with Crippen LogP contribution < -0.4 is 5.32 Å². The molecule has 3 nitrogen and oxygen atoms in total. The number of nitrogens with one attached hydrogen (secondary N) is 1. The average Bonchev–Trinajstić information content (AvgIpc) is 2.06. The number of hydrogen-bond donors (Lipinski definition) is 2. The standard InChI is InChI=1S/C13H27NO2/c1-5-16-12-6-11(7-12)14-9-13(4,15)8-10(2)3/h10-12,14-15H,5-9H2,1-4H3. The number of aliphatic hydroxyl groups is 1. The van der Waals surface area contributed by atoms with E-state index in [-0.39, 0.29) is 0 Å². The third-order valence-electron chi connectivity index (χ3n) is 3.12. The first kappa shape index (κ1) is 13.9. The van der Waals surface area contributed by atoms with Crippen LogP contribution in [0.4, 0.5) is 0 Å². The highest BCUT2D eigenvalue weighted by Crippen LogP contribution is 2.24. The zero-order chi connectivity index (χ0) is 12.2. The summed E-state index contributed by atoms with van der Waals surface area (Å²) in [5.74, 6) is 0.536. The molecular weight excluding hydrogens is 202 g/mol. The summed E-state index contributed by atoms with van der Waals surface area (Å²) in [7, 11) is 0. The molecule has 96 valence electrons. The lowest BCUT2D eigenvalue weighted by Crippen LogP contribution is -2.50. The van der Waals surface area contributed by atoms with Crippen LogP contribution in [0.2, 0.25) is 0 Å². The third kappa shape index (κ3) is 4.81. The molecule has 16 heavy (non-hydrogen) atoms. The summed E-state index contributed by atoms with van der Waals surface area (Å²) in [5.41, 5.74) is -0.579. The first-order chi connectivity index (χ1) is 7.43. The van der Waals surface area contributed by atoms with E-state index >= 15 is 0 Å². The van der Waals surface area contributed by atoms with Gasteiger partial charge in [-0.1, -0.05) is 13.8 Å². The zero-order valence-corrected chi connectivity index (χ0v) is 11.1. The third-order valence-corrected chi connectivity index (χ3v) is 3.12. The lowest BCUT2D eigenvalue weighted by atomic mass is 9.87. The van der Waals surface area contributed by atoms with Gasteiger partial charge in [-0.15, -0.1) is 0 Å². The number of ether oxygens (including phenoxy) is 1. The van der Waals surface area contributed by atoms with Crippen LogP contribution in [-0.2, 0) is 4.74 Å². The lowest BCUT2D eigenvalue weighted by molar-refractivity contribution is -0.0210. The van der Waals surface area contributed by atoms with Crippen molar-refractivity contribution in [2.24, 2.45) is 5.92 Å². The highest BCUT2D eigenvalue weighted by Gasteiger charge is 2.31. The topological polar surface area (TPSA) is 41.5 Å². The van der Waals surface area contributed by atoms with Gasteiger partial charge in [-0.2, -0.15) is 0 Å². The fourth-order valence-corrected chi connectivity index (χ4v) is 2.42. The molecule has 2 N–H and O–H groups in total. The lowest BCUT2D eigenvalue weighted by Gasteiger charge is -2.37. The Morgan fingerprint density at radius 2 is 2.06 bits per heavy atom. The molecule has 0 heterocycles. The van der Waals surface area contributed by atoms with E-state index in [1.54, 1.807) is 0 Å². The van der Waals surface area contributed by atoms with Crippen molar-refractivity contribution >= 4 is 0 Å². The van der Waals surface area contributed by atoms with Gasteiger partial charge < -0.3 is 15.2 Å². The van der Waals surface area contributed by atoms with Crippen molar-refractivity contribution in [3.63, 3.8) is 0 Å². The molecule has 0 aliphatic heterocycles. The first-order valence-electron chi connectivity index (χ1n) is 6.50. The van der Waals surface area contributed by atoms with Crippen molar-refractivity contribution in [2.45, 2.75) is 64.7 Å². The van der Waals surface area contributed by atoms with Crippen LogP contribution in [0.25, 0.3) is 0 Å². The molecule has 1 unspecified atom stereocenters. The van der Waals surface area contributed by atoms with Gasteiger partial charge in [0.1, 0.15) is 0 Å². The van der Waals surface area contributed by atoms with Crippen LogP contribution in [0, 0.1) is 5.92 Å². The van der Waals surface area contributed by atoms with Crippen molar-refractivity contribution in [3.8, 4) is 0 Å². The van der Waals surface area contributed by atoms with E-state index in [0.717, 1.165) is 25.9 Å². The van der Waals surface area contributed by atoms with Crippen molar-refractivity contribution in [3.05, 3.63) is 0 Å². The zero-order valence-electron chi connectivity index (χ0n) is 11.1. The minimum atomic E-state index is -0.579. The van der Waals surface area contributed by atoms with Gasteiger partial charge >= 0.3 is 0 Å². The fraction of sp³-hybridized carbons (Fsp3) is 1.00. The van der Waals surface area contributed by atoms with Gasteiger partial charge in [0.15, 0.2) is 0 Å². The highest BCUT2D eigenvalue weighted by atomic mass is 16.5. The summed E-state index contributed by atoms with van der Waals surface area (Å²) in [6.45, 7) is 9.73. The quantitative estimate of drug-likeness (QED) is 0.701. The van der Waals surface area contributed by atoms with E-state index in [1.807, 2.05) is 13.8 Å². The number of hydrogen-bond acceptors (Lipinski definition) is 3. The Labute approximate surface area is 99.6 Å². The van der Waals surface area contributed by atoms with Crippen LogP contribution in [0.15, 0.2) is 0 Å². The van der Waals surface area contributed by atoms with Crippen LogP contribution in [0.1, 0.15) is 47.0 Å². The van der Waals surface area contributed by atoms with Gasteiger partial charge in [-0.25, -0.2) is 0 Å². The van der Waals surface area contributed by atoms with Crippen molar-refractivity contribution in [1.82, 2.24) is 5.32 Å². The van der Waals surface area contributed by atoms with Gasteiger partial charge in [0.2, 0.25) is 0 Å². The summed E-state index contributed by atoms with van der Waals surface area (Å²) < 4.78 is 5.50. The van der Waals surface area contributed by atoms with E-state index < -0.39 is 5.60 Å². The molecule has 0 radical (unpaired) electrons. The SMILES string of the molecule is CCOC1CC(NCC(C)(O)CC(C)C)C1. The minimum Gasteiger partial charge on any atom is -0.389 e. The van der Waals surface area contributed by atoms with Crippen molar-refractivity contribution in [1.29, 1.82) is 0 Å². The normalized spacial score (nSPS) is 28.9. The minimum absolute atomic E-state index is 0.442. The second kappa shape index (κ2) is 5.99. The average molecular weight is 229 g/mol. The summed E-state index contributed by atoms with van der Waals surface area (Å²) in [4.78, 5) is 0. The second-order valence-corrected chi connectivity index (χ2v) is 5.72. The van der Waals surface area contributed by atoms with E-state index in [4.69, 9.17) is 4.74 Å². The summed E-state index contributed by atoms with van der Waals surface area (Å²) in [5, 5.41) is 13.6. The summed E-state index contributed by atoms with van der Waals surface area (Å²) in [6.07, 6.45) is 3.47. The predicted octanol–water partition coefficient (Wildman–Crippen LogP) is 1.94. The van der Waals surface area contributed by atoms with Gasteiger partial charge in [-0.05, 0) is 39.0 Å². The maximum atomic E-state index is 10.1. The molecular formula is C13H27NO2. The number of rotatable bonds is 7. The van der Waals surface area contributed by atoms with Gasteiger partial charge in [0.25, 0.3) is 0 Å². The van der Waals surface area contributed by atoms with E-state index in [1.165, 1.54) is 0 Å². The maximum Gasteiger partial charge on any atom is 0.0746 e. The Balaban J connectivity index is 2.11. The Kier molecular flexibility index (Phi) is 5.22. The largest absolute Gasteiger partial charge is 0.389 e. The molecule has 0 spiro atoms.